The number of aliphatic hydroxyl groups is 3. The van der Waals surface area contributed by atoms with Crippen molar-refractivity contribution in [1.82, 2.24) is 20.3 Å². The molecule has 1 unspecified atom stereocenters. The van der Waals surface area contributed by atoms with Crippen LogP contribution in [-0.4, -0.2) is 110 Å². The number of carbonyl (C=O) groups is 2. The molecule has 39 heavy (non-hydrogen) atoms. The molecule has 6 atom stereocenters. The lowest BCUT2D eigenvalue weighted by atomic mass is 9.88. The van der Waals surface area contributed by atoms with E-state index in [1.807, 2.05) is 30.3 Å². The molecule has 1 fully saturated rings. The number of hydrogen-bond donors (Lipinski definition) is 5. The van der Waals surface area contributed by atoms with Crippen LogP contribution in [0, 0.1) is 0 Å². The fourth-order valence-corrected chi connectivity index (χ4v) is 5.08. The largest absolute Gasteiger partial charge is 0.465 e. The predicted octanol–water partition coefficient (Wildman–Crippen LogP) is -1.43. The van der Waals surface area contributed by atoms with E-state index in [1.54, 1.807) is 18.0 Å². The predicted molar refractivity (Wildman–Crippen MR) is 141 cm³/mol. The summed E-state index contributed by atoms with van der Waals surface area (Å²) >= 11 is 1.69. The Kier molecular flexibility index (Phi) is 11.7. The maximum atomic E-state index is 12.8. The molecule has 1 aromatic carbocycles. The fraction of sp³-hybridized carbons (Fsp3) is 0.600. The standard InChI is InChI=1S/C25H37N5O8S/c1-16(31)27-21-19(32)13-25(24(35)36-2,37-10-6-11-39-12-9-26)38-23(21)22(34)20(33)15-30-14-18(28-29-30)17-7-4-3-5-8-17/h3-5,7-8,14,19-23,32-34H,6,9-13,15,26H2,1-2H3,(H,27,31)/p+1/t19-,20-,21-,22-,23?,25-/m1/s1. The summed E-state index contributed by atoms with van der Waals surface area (Å²) in [6.45, 7) is 1.97. The Labute approximate surface area is 231 Å². The normalized spacial score (nSPS) is 24.6. The molecule has 3 rings (SSSR count). The van der Waals surface area contributed by atoms with Gasteiger partial charge in [-0.1, -0.05) is 35.5 Å². The number of thioether (sulfide) groups is 1. The quantitative estimate of drug-likeness (QED) is 0.133. The number of benzene rings is 1. The first-order valence-corrected chi connectivity index (χ1v) is 13.9. The molecule has 1 aliphatic heterocycles. The Bertz CT molecular complexity index is 1060. The van der Waals surface area contributed by atoms with Gasteiger partial charge in [-0.05, 0) is 12.2 Å². The number of esters is 1. The van der Waals surface area contributed by atoms with Gasteiger partial charge in [-0.15, -0.1) is 5.10 Å². The average Bonchev–Trinajstić information content (AvgIpc) is 3.39. The fourth-order valence-electron chi connectivity index (χ4n) is 4.35. The monoisotopic (exact) mass is 568 g/mol. The van der Waals surface area contributed by atoms with E-state index in [4.69, 9.17) is 14.2 Å². The lowest BCUT2D eigenvalue weighted by molar-refractivity contribution is -0.360. The van der Waals surface area contributed by atoms with E-state index >= 15 is 0 Å². The first kappa shape index (κ1) is 30.9. The lowest BCUT2D eigenvalue weighted by Gasteiger charge is -2.47. The van der Waals surface area contributed by atoms with Gasteiger partial charge in [0.2, 0.25) is 5.91 Å². The molecule has 0 radical (unpaired) electrons. The number of aliphatic hydroxyl groups excluding tert-OH is 3. The van der Waals surface area contributed by atoms with Crippen LogP contribution in [0.15, 0.2) is 36.5 Å². The molecule has 0 bridgehead atoms. The van der Waals surface area contributed by atoms with Gasteiger partial charge in [-0.2, -0.15) is 11.8 Å². The second-order valence-electron chi connectivity index (χ2n) is 9.24. The first-order chi connectivity index (χ1) is 18.7. The summed E-state index contributed by atoms with van der Waals surface area (Å²) in [5.74, 6) is -1.78. The highest BCUT2D eigenvalue weighted by atomic mass is 32.2. The van der Waals surface area contributed by atoms with Crippen molar-refractivity contribution >= 4 is 23.6 Å². The third-order valence-electron chi connectivity index (χ3n) is 6.21. The van der Waals surface area contributed by atoms with E-state index in [0.29, 0.717) is 12.1 Å². The number of ether oxygens (including phenoxy) is 3. The van der Waals surface area contributed by atoms with Crippen molar-refractivity contribution in [3.8, 4) is 11.3 Å². The number of nitrogens with zero attached hydrogens (tertiary/aromatic N) is 3. The van der Waals surface area contributed by atoms with Crippen LogP contribution < -0.4 is 11.1 Å². The van der Waals surface area contributed by atoms with Crippen LogP contribution in [0.5, 0.6) is 0 Å². The molecule has 7 N–H and O–H groups in total. The van der Waals surface area contributed by atoms with Gasteiger partial charge in [-0.25, -0.2) is 9.48 Å². The Morgan fingerprint density at radius 1 is 1.31 bits per heavy atom. The number of hydrogen-bond acceptors (Lipinski definition) is 11. The van der Waals surface area contributed by atoms with Gasteiger partial charge in [0.1, 0.15) is 24.0 Å². The van der Waals surface area contributed by atoms with Gasteiger partial charge in [-0.3, -0.25) is 4.79 Å². The van der Waals surface area contributed by atoms with Crippen LogP contribution in [0.2, 0.25) is 0 Å². The number of nitrogens with one attached hydrogen (secondary N) is 1. The summed E-state index contributed by atoms with van der Waals surface area (Å²) in [6, 6.07) is 8.17. The van der Waals surface area contributed by atoms with Crippen molar-refractivity contribution in [3.05, 3.63) is 36.5 Å². The molecule has 2 heterocycles. The van der Waals surface area contributed by atoms with E-state index < -0.39 is 48.1 Å². The zero-order valence-electron chi connectivity index (χ0n) is 22.1. The van der Waals surface area contributed by atoms with Crippen molar-refractivity contribution < 1.29 is 44.9 Å². The minimum atomic E-state index is -2.04. The van der Waals surface area contributed by atoms with Crippen LogP contribution in [0.1, 0.15) is 19.8 Å². The molecule has 14 heteroatoms. The van der Waals surface area contributed by atoms with Gasteiger partial charge < -0.3 is 40.6 Å². The number of rotatable bonds is 14. The first-order valence-electron chi connectivity index (χ1n) is 12.7. The van der Waals surface area contributed by atoms with Crippen molar-refractivity contribution in [1.29, 1.82) is 0 Å². The summed E-state index contributed by atoms with van der Waals surface area (Å²) in [5.41, 5.74) is 5.19. The Balaban J connectivity index is 1.78. The van der Waals surface area contributed by atoms with E-state index in [9.17, 15) is 24.9 Å². The SMILES string of the molecule is COC(=O)[C@@]1(OCCCSCC[NH3+])C[C@@H](O)[C@@H](NC(C)=O)C([C@H](O)[C@H](O)Cn2cc(-c3ccccc3)nn2)O1. The lowest BCUT2D eigenvalue weighted by Crippen LogP contribution is -2.68. The molecule has 0 spiro atoms. The summed E-state index contributed by atoms with van der Waals surface area (Å²) < 4.78 is 18.1. The van der Waals surface area contributed by atoms with Crippen LogP contribution in [-0.2, 0) is 30.3 Å². The molecule has 2 aromatic rings. The molecule has 1 aliphatic rings. The van der Waals surface area contributed by atoms with Gasteiger partial charge >= 0.3 is 5.97 Å². The van der Waals surface area contributed by atoms with Crippen LogP contribution in [0.25, 0.3) is 11.3 Å². The van der Waals surface area contributed by atoms with Crippen molar-refractivity contribution in [2.45, 2.75) is 62.6 Å². The van der Waals surface area contributed by atoms with Crippen molar-refractivity contribution in [2.75, 3.05) is 31.8 Å². The smallest absolute Gasteiger partial charge is 0.366 e. The molecule has 0 saturated carbocycles. The summed E-state index contributed by atoms with van der Waals surface area (Å²) in [6.07, 6.45) is -4.07. The Morgan fingerprint density at radius 2 is 2.05 bits per heavy atom. The second-order valence-corrected chi connectivity index (χ2v) is 10.5. The third kappa shape index (κ3) is 8.20. The van der Waals surface area contributed by atoms with Crippen LogP contribution >= 0.6 is 11.8 Å². The van der Waals surface area contributed by atoms with Crippen molar-refractivity contribution in [2.24, 2.45) is 0 Å². The Hall–Kier alpha value is -2.59. The Morgan fingerprint density at radius 3 is 2.72 bits per heavy atom. The maximum absolute atomic E-state index is 12.8. The third-order valence-corrected chi connectivity index (χ3v) is 7.36. The van der Waals surface area contributed by atoms with Gasteiger partial charge in [0.15, 0.2) is 0 Å². The van der Waals surface area contributed by atoms with E-state index in [2.05, 4.69) is 21.4 Å². The van der Waals surface area contributed by atoms with Gasteiger partial charge in [0.05, 0.1) is 45.1 Å². The highest BCUT2D eigenvalue weighted by Crippen LogP contribution is 2.34. The molecular weight excluding hydrogens is 530 g/mol. The molecule has 1 saturated heterocycles. The molecular formula is C25H38N5O8S+. The average molecular weight is 569 g/mol. The minimum absolute atomic E-state index is 0.114. The van der Waals surface area contributed by atoms with E-state index in [-0.39, 0.29) is 19.6 Å². The number of methoxy groups -OCH3 is 1. The van der Waals surface area contributed by atoms with Crippen LogP contribution in [0.3, 0.4) is 0 Å². The highest BCUT2D eigenvalue weighted by molar-refractivity contribution is 7.99. The zero-order valence-corrected chi connectivity index (χ0v) is 23.0. The van der Waals surface area contributed by atoms with E-state index in [0.717, 1.165) is 30.7 Å². The van der Waals surface area contributed by atoms with E-state index in [1.165, 1.54) is 11.6 Å². The second kappa shape index (κ2) is 14.7. The van der Waals surface area contributed by atoms with Gasteiger partial charge in [0, 0.05) is 24.7 Å². The molecule has 1 amide bonds. The molecule has 1 aromatic heterocycles. The minimum Gasteiger partial charge on any atom is -0.465 e. The maximum Gasteiger partial charge on any atom is 0.366 e. The van der Waals surface area contributed by atoms with Crippen LogP contribution in [0.4, 0.5) is 0 Å². The summed E-state index contributed by atoms with van der Waals surface area (Å²) in [4.78, 5) is 24.7. The topological polar surface area (TPSA) is 193 Å². The number of aromatic nitrogens is 3. The number of amides is 1. The number of carbonyl (C=O) groups excluding carboxylic acids is 2. The number of quaternary nitrogens is 1. The van der Waals surface area contributed by atoms with Crippen molar-refractivity contribution in [3.63, 3.8) is 0 Å². The summed E-state index contributed by atoms with van der Waals surface area (Å²) in [7, 11) is 1.16. The van der Waals surface area contributed by atoms with Gasteiger partial charge in [0.25, 0.3) is 5.79 Å². The summed E-state index contributed by atoms with van der Waals surface area (Å²) in [5, 5.41) is 43.7. The molecule has 13 nitrogen and oxygen atoms in total. The molecule has 216 valence electrons. The highest BCUT2D eigenvalue weighted by Gasteiger charge is 2.56. The zero-order chi connectivity index (χ0) is 28.4. The molecule has 0 aliphatic carbocycles.